The monoisotopic (exact) mass is 240 g/mol. The third kappa shape index (κ3) is 2.75. The minimum Gasteiger partial charge on any atom is -0.393 e. The summed E-state index contributed by atoms with van der Waals surface area (Å²) in [5.41, 5.74) is 0. The predicted octanol–water partition coefficient (Wildman–Crippen LogP) is 2.85. The van der Waals surface area contributed by atoms with E-state index in [0.717, 1.165) is 5.30 Å². The van der Waals surface area contributed by atoms with Crippen LogP contribution < -0.4 is 5.30 Å². The van der Waals surface area contributed by atoms with Crippen LogP contribution in [0.1, 0.15) is 27.7 Å². The first-order valence-corrected chi connectivity index (χ1v) is 7.49. The fourth-order valence-electron chi connectivity index (χ4n) is 1.81. The summed E-state index contributed by atoms with van der Waals surface area (Å²) >= 11 is 0. The smallest absolute Gasteiger partial charge is 0.123 e. The van der Waals surface area contributed by atoms with Gasteiger partial charge in [-0.05, 0) is 6.92 Å². The Labute approximate surface area is 98.1 Å². The van der Waals surface area contributed by atoms with Crippen molar-refractivity contribution >= 4 is 12.4 Å². The van der Waals surface area contributed by atoms with Crippen LogP contribution in [0.5, 0.6) is 0 Å². The molecule has 0 amide bonds. The molecule has 0 aromatic heterocycles. The molecule has 0 unspecified atom stereocenters. The molecule has 0 spiro atoms. The molecule has 16 heavy (non-hydrogen) atoms. The van der Waals surface area contributed by atoms with Gasteiger partial charge in [-0.25, -0.2) is 0 Å². The minimum atomic E-state index is -2.56. The van der Waals surface area contributed by atoms with E-state index in [4.69, 9.17) is 0 Å². The van der Waals surface area contributed by atoms with Crippen LogP contribution in [0, 0.1) is 0 Å². The topological polar surface area (TPSA) is 37.3 Å². The molecule has 0 heterocycles. The molecule has 0 aliphatic heterocycles. The molecule has 90 valence electrons. The Morgan fingerprint density at radius 1 is 1.25 bits per heavy atom. The highest BCUT2D eigenvalue weighted by atomic mass is 31.2. The Hall–Kier alpha value is -0.590. The van der Waals surface area contributed by atoms with Crippen molar-refractivity contribution in [2.24, 2.45) is 0 Å². The Balaban J connectivity index is 3.22. The number of rotatable bonds is 3. The predicted molar refractivity (Wildman–Crippen MR) is 70.0 cm³/mol. The molecule has 1 rings (SSSR count). The lowest BCUT2D eigenvalue weighted by molar-refractivity contribution is 0.217. The SMILES string of the molecule is C[C@H](O)C[P@](=O)(c1ccccc1)C(C)(C)C. The molecule has 0 bridgehead atoms. The minimum absolute atomic E-state index is 0.314. The van der Waals surface area contributed by atoms with Crippen molar-refractivity contribution in [1.29, 1.82) is 0 Å². The van der Waals surface area contributed by atoms with Gasteiger partial charge in [0, 0.05) is 16.6 Å². The molecule has 0 radical (unpaired) electrons. The lowest BCUT2D eigenvalue weighted by atomic mass is 10.3. The molecule has 1 aromatic carbocycles. The molecule has 2 nitrogen and oxygen atoms in total. The summed E-state index contributed by atoms with van der Waals surface area (Å²) in [5.74, 6) is 0. The molecular weight excluding hydrogens is 219 g/mol. The van der Waals surface area contributed by atoms with Gasteiger partial charge in [0.1, 0.15) is 7.14 Å². The number of aliphatic hydroxyl groups is 1. The summed E-state index contributed by atoms with van der Waals surface area (Å²) < 4.78 is 13.1. The maximum absolute atomic E-state index is 13.1. The number of hydrogen-bond acceptors (Lipinski definition) is 2. The van der Waals surface area contributed by atoms with Crippen molar-refractivity contribution in [3.63, 3.8) is 0 Å². The summed E-state index contributed by atoms with van der Waals surface area (Å²) in [5, 5.41) is 10.1. The third-order valence-corrected chi connectivity index (χ3v) is 7.12. The van der Waals surface area contributed by atoms with Crippen LogP contribution in [-0.4, -0.2) is 22.5 Å². The first-order valence-electron chi connectivity index (χ1n) is 5.60. The number of aliphatic hydroxyl groups excluding tert-OH is 1. The van der Waals surface area contributed by atoms with E-state index in [1.807, 2.05) is 51.1 Å². The molecule has 1 aromatic rings. The molecular formula is C13H21O2P. The number of benzene rings is 1. The summed E-state index contributed by atoms with van der Waals surface area (Å²) in [6.07, 6.45) is -0.189. The highest BCUT2D eigenvalue weighted by Crippen LogP contribution is 2.56. The van der Waals surface area contributed by atoms with Crippen molar-refractivity contribution in [2.75, 3.05) is 6.16 Å². The second-order valence-electron chi connectivity index (χ2n) is 5.28. The zero-order chi connectivity index (χ0) is 12.4. The van der Waals surface area contributed by atoms with E-state index in [-0.39, 0.29) is 5.16 Å². The molecule has 2 atom stereocenters. The molecule has 0 aliphatic rings. The molecule has 1 N–H and O–H groups in total. The van der Waals surface area contributed by atoms with Gasteiger partial charge in [-0.3, -0.25) is 0 Å². The first kappa shape index (κ1) is 13.5. The lowest BCUT2D eigenvalue weighted by Crippen LogP contribution is -2.28. The fourth-order valence-corrected chi connectivity index (χ4v) is 4.74. The van der Waals surface area contributed by atoms with E-state index in [2.05, 4.69) is 0 Å². The summed E-state index contributed by atoms with van der Waals surface area (Å²) in [6.45, 7) is 7.62. The molecule has 0 aliphatic carbocycles. The fraction of sp³-hybridized carbons (Fsp3) is 0.538. The Morgan fingerprint density at radius 3 is 2.12 bits per heavy atom. The van der Waals surface area contributed by atoms with Crippen LogP contribution in [-0.2, 0) is 4.57 Å². The average Bonchev–Trinajstić information content (AvgIpc) is 2.16. The second kappa shape index (κ2) is 4.73. The highest BCUT2D eigenvalue weighted by molar-refractivity contribution is 7.73. The van der Waals surface area contributed by atoms with Gasteiger partial charge in [-0.2, -0.15) is 0 Å². The van der Waals surface area contributed by atoms with Crippen LogP contribution in [0.4, 0.5) is 0 Å². The van der Waals surface area contributed by atoms with Gasteiger partial charge in [-0.1, -0.05) is 51.1 Å². The first-order chi connectivity index (χ1) is 7.27. The molecule has 3 heteroatoms. The standard InChI is InChI=1S/C13H21O2P/c1-11(14)10-16(15,13(2,3)4)12-8-6-5-7-9-12/h5-9,11,14H,10H2,1-4H3/t11-,16-/m0/s1. The van der Waals surface area contributed by atoms with Crippen LogP contribution in [0.3, 0.4) is 0 Å². The van der Waals surface area contributed by atoms with Crippen molar-refractivity contribution in [3.05, 3.63) is 30.3 Å². The zero-order valence-corrected chi connectivity index (χ0v) is 11.4. The molecule has 0 fully saturated rings. The van der Waals surface area contributed by atoms with Crippen LogP contribution in [0.2, 0.25) is 0 Å². The summed E-state index contributed by atoms with van der Waals surface area (Å²) in [4.78, 5) is 0. The van der Waals surface area contributed by atoms with Gasteiger partial charge < -0.3 is 9.67 Å². The van der Waals surface area contributed by atoms with Crippen LogP contribution in [0.15, 0.2) is 30.3 Å². The zero-order valence-electron chi connectivity index (χ0n) is 10.5. The van der Waals surface area contributed by atoms with E-state index in [1.165, 1.54) is 0 Å². The normalized spacial score (nSPS) is 17.8. The van der Waals surface area contributed by atoms with Gasteiger partial charge in [0.25, 0.3) is 0 Å². The molecule has 0 saturated heterocycles. The van der Waals surface area contributed by atoms with Crippen LogP contribution in [0.25, 0.3) is 0 Å². The largest absolute Gasteiger partial charge is 0.393 e. The second-order valence-corrected chi connectivity index (χ2v) is 8.98. The van der Waals surface area contributed by atoms with Crippen molar-refractivity contribution in [3.8, 4) is 0 Å². The Bertz CT molecular complexity index is 377. The maximum atomic E-state index is 13.1. The van der Waals surface area contributed by atoms with Crippen molar-refractivity contribution < 1.29 is 9.67 Å². The quantitative estimate of drug-likeness (QED) is 0.825. The van der Waals surface area contributed by atoms with Crippen molar-refractivity contribution in [1.82, 2.24) is 0 Å². The van der Waals surface area contributed by atoms with E-state index in [0.29, 0.717) is 6.16 Å². The van der Waals surface area contributed by atoms with E-state index >= 15 is 0 Å². The molecule has 0 saturated carbocycles. The van der Waals surface area contributed by atoms with Gasteiger partial charge in [0.2, 0.25) is 0 Å². The van der Waals surface area contributed by atoms with E-state index < -0.39 is 13.2 Å². The van der Waals surface area contributed by atoms with Crippen molar-refractivity contribution in [2.45, 2.75) is 39.0 Å². The van der Waals surface area contributed by atoms with Gasteiger partial charge >= 0.3 is 0 Å². The third-order valence-electron chi connectivity index (χ3n) is 2.78. The Kier molecular flexibility index (Phi) is 3.98. The highest BCUT2D eigenvalue weighted by Gasteiger charge is 2.38. The maximum Gasteiger partial charge on any atom is 0.123 e. The summed E-state index contributed by atoms with van der Waals surface area (Å²) in [7, 11) is -2.56. The summed E-state index contributed by atoms with van der Waals surface area (Å²) in [6, 6.07) is 9.51. The van der Waals surface area contributed by atoms with Gasteiger partial charge in [0.05, 0.1) is 6.10 Å². The number of hydrogen-bond donors (Lipinski definition) is 1. The van der Waals surface area contributed by atoms with Crippen LogP contribution >= 0.6 is 7.14 Å². The lowest BCUT2D eigenvalue weighted by Gasteiger charge is -2.32. The van der Waals surface area contributed by atoms with E-state index in [9.17, 15) is 9.67 Å². The van der Waals surface area contributed by atoms with Gasteiger partial charge in [-0.15, -0.1) is 0 Å². The Morgan fingerprint density at radius 2 is 1.75 bits per heavy atom. The van der Waals surface area contributed by atoms with Gasteiger partial charge in [0.15, 0.2) is 0 Å². The van der Waals surface area contributed by atoms with E-state index in [1.54, 1.807) is 6.92 Å². The average molecular weight is 240 g/mol.